The van der Waals surface area contributed by atoms with Gasteiger partial charge in [0.15, 0.2) is 17.3 Å². The summed E-state index contributed by atoms with van der Waals surface area (Å²) in [6, 6.07) is 22.8. The highest BCUT2D eigenvalue weighted by Gasteiger charge is 2.70. The van der Waals surface area contributed by atoms with Gasteiger partial charge in [0.2, 0.25) is 11.8 Å². The van der Waals surface area contributed by atoms with Gasteiger partial charge in [0.1, 0.15) is 5.75 Å². The zero-order valence-corrected chi connectivity index (χ0v) is 31.4. The molecular weight excluding hydrogens is 745 g/mol. The van der Waals surface area contributed by atoms with Gasteiger partial charge in [-0.25, -0.2) is 0 Å². The number of phenolic OH excluding ortho intramolecular Hbond substituents is 1. The molecule has 0 bridgehead atoms. The first-order valence-electron chi connectivity index (χ1n) is 17.7. The van der Waals surface area contributed by atoms with E-state index in [1.54, 1.807) is 72.8 Å². The number of ether oxygens (including phenoxy) is 2. The summed E-state index contributed by atoms with van der Waals surface area (Å²) >= 11 is 12.7. The van der Waals surface area contributed by atoms with Gasteiger partial charge in [0.25, 0.3) is 11.8 Å². The van der Waals surface area contributed by atoms with Crippen molar-refractivity contribution in [3.63, 3.8) is 0 Å². The van der Waals surface area contributed by atoms with E-state index < -0.39 is 52.7 Å². The lowest BCUT2D eigenvalue weighted by atomic mass is 9.49. The fourth-order valence-corrected chi connectivity index (χ4v) is 9.64. The Kier molecular flexibility index (Phi) is 8.97. The van der Waals surface area contributed by atoms with Gasteiger partial charge in [-0.15, -0.1) is 0 Å². The molecule has 8 rings (SSSR count). The second-order valence-electron chi connectivity index (χ2n) is 14.3. The minimum Gasteiger partial charge on any atom is -0.504 e. The number of nitrogens with zero attached hydrogens (tertiary/aromatic N) is 2. The average molecular weight is 781 g/mol. The Hall–Kier alpha value is -5.65. The van der Waals surface area contributed by atoms with Crippen LogP contribution >= 0.6 is 23.2 Å². The number of fused-ring (bicyclic) bond motifs is 4. The molecule has 4 aromatic rings. The predicted molar refractivity (Wildman–Crippen MR) is 204 cm³/mol. The van der Waals surface area contributed by atoms with Crippen LogP contribution in [-0.4, -0.2) is 53.7 Å². The van der Waals surface area contributed by atoms with Gasteiger partial charge in [-0.3, -0.25) is 34.3 Å². The number of rotatable bonds is 8. The highest BCUT2D eigenvalue weighted by molar-refractivity contribution is 6.36. The van der Waals surface area contributed by atoms with Crippen molar-refractivity contribution < 1.29 is 38.6 Å². The van der Waals surface area contributed by atoms with Crippen molar-refractivity contribution in [1.29, 1.82) is 0 Å². The Labute approximate surface area is 326 Å². The van der Waals surface area contributed by atoms with Crippen molar-refractivity contribution in [2.75, 3.05) is 24.5 Å². The van der Waals surface area contributed by atoms with E-state index in [1.165, 1.54) is 38.2 Å². The number of ketones is 1. The van der Waals surface area contributed by atoms with Crippen LogP contribution in [0.25, 0.3) is 0 Å². The van der Waals surface area contributed by atoms with Crippen LogP contribution in [0.1, 0.15) is 47.2 Å². The Morgan fingerprint density at radius 3 is 2.24 bits per heavy atom. The third-order valence-corrected chi connectivity index (χ3v) is 12.2. The van der Waals surface area contributed by atoms with Gasteiger partial charge in [0.05, 0.1) is 53.8 Å². The number of hydrazine groups is 1. The quantitative estimate of drug-likeness (QED) is 0.109. The van der Waals surface area contributed by atoms with Gasteiger partial charge >= 0.3 is 0 Å². The number of hydrogen-bond acceptors (Lipinski definition) is 9. The highest BCUT2D eigenvalue weighted by Crippen LogP contribution is 2.64. The molecule has 3 fully saturated rings. The molecule has 4 aliphatic rings. The molecular formula is C42H35Cl2N3O8. The molecule has 4 amide bonds. The minimum absolute atomic E-state index is 0.0674. The number of halogens is 2. The van der Waals surface area contributed by atoms with Crippen molar-refractivity contribution in [2.24, 2.45) is 23.7 Å². The summed E-state index contributed by atoms with van der Waals surface area (Å²) in [7, 11) is 2.95. The number of allylic oxidation sites excluding steroid dienone is 2. The molecule has 0 spiro atoms. The van der Waals surface area contributed by atoms with Crippen LogP contribution in [0.3, 0.4) is 0 Å². The molecule has 4 aromatic carbocycles. The van der Waals surface area contributed by atoms with Gasteiger partial charge in [0, 0.05) is 16.5 Å². The van der Waals surface area contributed by atoms with Gasteiger partial charge in [-0.05, 0) is 104 Å². The molecule has 2 aliphatic carbocycles. The van der Waals surface area contributed by atoms with Gasteiger partial charge < -0.3 is 14.6 Å². The van der Waals surface area contributed by atoms with E-state index in [2.05, 4.69) is 5.43 Å². The predicted octanol–water partition coefficient (Wildman–Crippen LogP) is 7.11. The highest BCUT2D eigenvalue weighted by atomic mass is 35.5. The number of anilines is 2. The van der Waals surface area contributed by atoms with E-state index in [1.807, 2.05) is 6.08 Å². The zero-order chi connectivity index (χ0) is 38.9. The Bertz CT molecular complexity index is 2330. The van der Waals surface area contributed by atoms with Crippen LogP contribution < -0.4 is 19.8 Å². The summed E-state index contributed by atoms with van der Waals surface area (Å²) in [5.74, 6) is -5.55. The maximum absolute atomic E-state index is 15.4. The Morgan fingerprint density at radius 1 is 0.855 bits per heavy atom. The lowest BCUT2D eigenvalue weighted by Crippen LogP contribution is -2.53. The molecule has 13 heteroatoms. The molecule has 2 saturated heterocycles. The molecule has 2 heterocycles. The lowest BCUT2D eigenvalue weighted by molar-refractivity contribution is -0.138. The summed E-state index contributed by atoms with van der Waals surface area (Å²) in [6.45, 7) is 1.44. The molecule has 2 aliphatic heterocycles. The molecule has 11 nitrogen and oxygen atoms in total. The number of imide groups is 2. The maximum atomic E-state index is 15.4. The molecule has 1 saturated carbocycles. The maximum Gasteiger partial charge on any atom is 0.260 e. The first kappa shape index (κ1) is 36.3. The summed E-state index contributed by atoms with van der Waals surface area (Å²) in [5, 5.41) is 12.2. The fourth-order valence-electron chi connectivity index (χ4n) is 9.19. The second kappa shape index (κ2) is 13.6. The summed E-state index contributed by atoms with van der Waals surface area (Å²) in [4.78, 5) is 72.2. The van der Waals surface area contributed by atoms with Crippen LogP contribution in [-0.2, 0) is 24.6 Å². The third kappa shape index (κ3) is 5.51. The number of benzene rings is 4. The number of Topliss-reactive ketones (excluding diaryl/α,β-unsaturated/α-hetero) is 1. The normalized spacial score (nSPS) is 25.6. The number of hydrogen-bond donors (Lipinski definition) is 2. The number of aromatic hydroxyl groups is 1. The monoisotopic (exact) mass is 779 g/mol. The van der Waals surface area contributed by atoms with E-state index in [0.29, 0.717) is 33.1 Å². The number of amides is 4. The largest absolute Gasteiger partial charge is 0.504 e. The van der Waals surface area contributed by atoms with Crippen LogP contribution in [0.15, 0.2) is 96.6 Å². The molecule has 280 valence electrons. The first-order chi connectivity index (χ1) is 26.4. The first-order valence-corrected chi connectivity index (χ1v) is 18.5. The van der Waals surface area contributed by atoms with E-state index in [9.17, 15) is 24.3 Å². The smallest absolute Gasteiger partial charge is 0.260 e. The topological polar surface area (TPSA) is 143 Å². The van der Waals surface area contributed by atoms with E-state index in [4.69, 9.17) is 32.7 Å². The Balaban J connectivity index is 1.32. The number of carbonyl (C=O) groups excluding carboxylic acids is 5. The van der Waals surface area contributed by atoms with E-state index >= 15 is 4.79 Å². The summed E-state index contributed by atoms with van der Waals surface area (Å²) in [5.41, 5.74) is 4.28. The number of carbonyl (C=O) groups is 5. The molecule has 6 atom stereocenters. The van der Waals surface area contributed by atoms with Crippen molar-refractivity contribution in [2.45, 2.75) is 31.1 Å². The lowest BCUT2D eigenvalue weighted by Gasteiger charge is -2.50. The van der Waals surface area contributed by atoms with Gasteiger partial charge in [-0.2, -0.15) is 5.01 Å². The van der Waals surface area contributed by atoms with E-state index in [-0.39, 0.29) is 46.7 Å². The Morgan fingerprint density at radius 2 is 1.58 bits per heavy atom. The number of methoxy groups -OCH3 is 2. The number of phenols is 1. The molecule has 55 heavy (non-hydrogen) atoms. The molecule has 0 radical (unpaired) electrons. The van der Waals surface area contributed by atoms with Gasteiger partial charge in [-0.1, -0.05) is 53.1 Å². The fraction of sp³-hybridized carbons (Fsp3) is 0.262. The molecule has 6 unspecified atom stereocenters. The second-order valence-corrected chi connectivity index (χ2v) is 15.1. The third-order valence-electron chi connectivity index (χ3n) is 11.6. The van der Waals surface area contributed by atoms with Crippen molar-refractivity contribution in [3.05, 3.63) is 123 Å². The van der Waals surface area contributed by atoms with Crippen molar-refractivity contribution in [3.8, 4) is 17.2 Å². The van der Waals surface area contributed by atoms with Crippen LogP contribution in [0.2, 0.25) is 10.0 Å². The van der Waals surface area contributed by atoms with Crippen molar-refractivity contribution >= 4 is 64.0 Å². The summed E-state index contributed by atoms with van der Waals surface area (Å²) in [6.07, 6.45) is 2.22. The molecule has 2 N–H and O–H groups in total. The van der Waals surface area contributed by atoms with Crippen LogP contribution in [0.4, 0.5) is 11.4 Å². The minimum atomic E-state index is -1.58. The standard InChI is InChI=1S/C42H35Cl2N3O8/c1-21(48)22-4-10-26(11-5-22)46-38(50)29-15-14-28-30(36(29)40(46)52)20-31-39(51)47(45-33-16-9-25(43)19-32(33)44)41(53)42(31,24-7-12-27(54-2)13-8-24)37(28)23-6-17-34(49)35(18-23)55-3/h4-14,16-19,29-31,36-37,45,49H,15,20H2,1-3H3. The zero-order valence-electron chi connectivity index (χ0n) is 29.9. The van der Waals surface area contributed by atoms with Crippen LogP contribution in [0.5, 0.6) is 17.2 Å². The van der Waals surface area contributed by atoms with E-state index in [0.717, 1.165) is 10.6 Å². The van der Waals surface area contributed by atoms with Crippen LogP contribution in [0, 0.1) is 23.7 Å². The SMILES string of the molecule is COc1ccc(C23C(=O)N(Nc4ccc(Cl)cc4Cl)C(=O)C2CC2C(=CCC4C(=O)N(c5ccc(C(C)=O)cc5)C(=O)C42)C3c2ccc(O)c(OC)c2)cc1. The average Bonchev–Trinajstić information content (AvgIpc) is 3.56. The summed E-state index contributed by atoms with van der Waals surface area (Å²) < 4.78 is 11.0. The van der Waals surface area contributed by atoms with Crippen molar-refractivity contribution in [1.82, 2.24) is 5.01 Å². The number of nitrogens with one attached hydrogen (secondary N) is 1. The molecule has 0 aromatic heterocycles.